The molecule has 0 bridgehead atoms. The third-order valence-corrected chi connectivity index (χ3v) is 8.26. The molecule has 6 rings (SSSR count). The Labute approximate surface area is 214 Å². The second kappa shape index (κ2) is 9.12. The van der Waals surface area contributed by atoms with E-state index in [1.807, 2.05) is 6.20 Å². The Morgan fingerprint density at radius 1 is 1.00 bits per heavy atom. The largest absolute Gasteiger partial charge is 0.342 e. The molecule has 5 heteroatoms. The third kappa shape index (κ3) is 3.82. The number of carbonyl (C=O) groups excluding carboxylic acids is 1. The van der Waals surface area contributed by atoms with E-state index >= 15 is 0 Å². The van der Waals surface area contributed by atoms with E-state index in [1.54, 1.807) is 0 Å². The third-order valence-electron chi connectivity index (χ3n) is 7.73. The molecular weight excluding hydrogens is 498 g/mol. The van der Waals surface area contributed by atoms with Crippen LogP contribution in [0, 0.1) is 0 Å². The van der Waals surface area contributed by atoms with Crippen LogP contribution in [0.15, 0.2) is 95.7 Å². The summed E-state index contributed by atoms with van der Waals surface area (Å²) in [4.78, 5) is 20.4. The number of piperidine rings is 1. The van der Waals surface area contributed by atoms with Crippen LogP contribution in [0.1, 0.15) is 48.3 Å². The number of amides is 1. The van der Waals surface area contributed by atoms with Crippen molar-refractivity contribution >= 4 is 21.8 Å². The van der Waals surface area contributed by atoms with E-state index in [-0.39, 0.29) is 5.91 Å². The Morgan fingerprint density at radius 2 is 1.77 bits per heavy atom. The molecule has 0 aliphatic carbocycles. The van der Waals surface area contributed by atoms with Crippen molar-refractivity contribution in [1.29, 1.82) is 0 Å². The predicted molar refractivity (Wildman–Crippen MR) is 142 cm³/mol. The van der Waals surface area contributed by atoms with Crippen LogP contribution in [-0.4, -0.2) is 33.4 Å². The second-order valence-electron chi connectivity index (χ2n) is 9.62. The van der Waals surface area contributed by atoms with E-state index in [0.29, 0.717) is 18.8 Å². The van der Waals surface area contributed by atoms with Gasteiger partial charge in [0.05, 0.1) is 5.54 Å². The van der Waals surface area contributed by atoms with E-state index in [4.69, 9.17) is 4.98 Å². The summed E-state index contributed by atoms with van der Waals surface area (Å²) < 4.78 is 3.32. The van der Waals surface area contributed by atoms with Crippen LogP contribution in [0.4, 0.5) is 0 Å². The van der Waals surface area contributed by atoms with Gasteiger partial charge in [-0.25, -0.2) is 4.98 Å². The van der Waals surface area contributed by atoms with Crippen LogP contribution >= 0.6 is 15.9 Å². The molecule has 0 saturated carbocycles. The highest BCUT2D eigenvalue weighted by Crippen LogP contribution is 2.49. The van der Waals surface area contributed by atoms with Crippen LogP contribution in [0.3, 0.4) is 0 Å². The number of fused-ring (bicyclic) bond motifs is 3. The fraction of sp³-hybridized carbons (Fsp3) is 0.267. The van der Waals surface area contributed by atoms with Crippen molar-refractivity contribution < 1.29 is 4.79 Å². The van der Waals surface area contributed by atoms with Gasteiger partial charge in [0, 0.05) is 47.9 Å². The molecule has 2 unspecified atom stereocenters. The summed E-state index contributed by atoms with van der Waals surface area (Å²) in [5, 5.41) is 0. The first-order valence-corrected chi connectivity index (χ1v) is 13.2. The molecule has 3 heterocycles. The molecule has 2 aliphatic rings. The number of carbonyl (C=O) groups is 1. The number of benzene rings is 3. The first-order valence-electron chi connectivity index (χ1n) is 12.4. The number of rotatable bonds is 5. The minimum absolute atomic E-state index is 0.244. The van der Waals surface area contributed by atoms with Crippen molar-refractivity contribution in [3.63, 3.8) is 0 Å². The van der Waals surface area contributed by atoms with Gasteiger partial charge in [0.25, 0.3) is 0 Å². The lowest BCUT2D eigenvalue weighted by atomic mass is 9.79. The van der Waals surface area contributed by atoms with Crippen LogP contribution in [0.2, 0.25) is 0 Å². The highest BCUT2D eigenvalue weighted by molar-refractivity contribution is 9.10. The number of likely N-dealkylation sites (tertiary alicyclic amines) is 1. The van der Waals surface area contributed by atoms with E-state index in [0.717, 1.165) is 41.8 Å². The van der Waals surface area contributed by atoms with Crippen LogP contribution in [0.5, 0.6) is 0 Å². The maximum Gasteiger partial charge on any atom is 0.222 e. The summed E-state index contributed by atoms with van der Waals surface area (Å²) in [7, 11) is 0. The summed E-state index contributed by atoms with van der Waals surface area (Å²) in [5.74, 6) is 1.63. The molecule has 4 aromatic rings. The average Bonchev–Trinajstić information content (AvgIpc) is 3.50. The van der Waals surface area contributed by atoms with Gasteiger partial charge in [0.2, 0.25) is 5.91 Å². The number of aromatic nitrogens is 2. The van der Waals surface area contributed by atoms with Crippen molar-refractivity contribution in [2.24, 2.45) is 0 Å². The molecule has 2 atom stereocenters. The number of hydrogen-bond donors (Lipinski definition) is 0. The quantitative estimate of drug-likeness (QED) is 0.294. The van der Waals surface area contributed by atoms with E-state index in [9.17, 15) is 4.79 Å². The van der Waals surface area contributed by atoms with Crippen molar-refractivity contribution in [3.8, 4) is 11.4 Å². The van der Waals surface area contributed by atoms with Gasteiger partial charge in [-0.15, -0.1) is 0 Å². The molecule has 0 N–H and O–H groups in total. The van der Waals surface area contributed by atoms with E-state index in [2.05, 4.69) is 110 Å². The molecule has 1 saturated heterocycles. The average molecular weight is 526 g/mol. The van der Waals surface area contributed by atoms with Crippen molar-refractivity contribution in [2.75, 3.05) is 13.1 Å². The van der Waals surface area contributed by atoms with Crippen molar-refractivity contribution in [1.82, 2.24) is 14.5 Å². The molecule has 176 valence electrons. The fourth-order valence-corrected chi connectivity index (χ4v) is 6.31. The molecule has 1 aromatic heterocycles. The molecule has 0 radical (unpaired) electrons. The summed E-state index contributed by atoms with van der Waals surface area (Å²) in [6, 6.07) is 27.7. The smallest absolute Gasteiger partial charge is 0.222 e. The predicted octanol–water partition coefficient (Wildman–Crippen LogP) is 6.60. The van der Waals surface area contributed by atoms with Crippen molar-refractivity contribution in [2.45, 2.75) is 37.1 Å². The van der Waals surface area contributed by atoms with E-state index in [1.165, 1.54) is 16.7 Å². The van der Waals surface area contributed by atoms with Gasteiger partial charge in [-0.05, 0) is 48.1 Å². The zero-order valence-electron chi connectivity index (χ0n) is 19.6. The monoisotopic (exact) mass is 525 g/mol. The number of hydrogen-bond acceptors (Lipinski definition) is 2. The Kier molecular flexibility index (Phi) is 5.81. The Bertz CT molecular complexity index is 1350. The van der Waals surface area contributed by atoms with Gasteiger partial charge in [-0.3, -0.25) is 4.79 Å². The van der Waals surface area contributed by atoms with Crippen molar-refractivity contribution in [3.05, 3.63) is 112 Å². The molecule has 3 aromatic carbocycles. The SMILES string of the molecule is O=C(CCC1(c2ccc(Br)cc2)c2ccccc2-c2nccn21)N1CCCC(c2ccccc2)C1. The second-order valence-corrected chi connectivity index (χ2v) is 10.5. The first-order chi connectivity index (χ1) is 17.2. The molecule has 0 spiro atoms. The standard InChI is InChI=1S/C30H28BrN3O/c31-25-14-12-24(13-15-25)30(27-11-5-4-10-26(27)29-32-18-20-34(29)30)17-16-28(35)33-19-6-9-23(21-33)22-7-2-1-3-8-22/h1-5,7-8,10-15,18,20,23H,6,9,16-17,19,21H2. The Hall–Kier alpha value is -3.18. The first kappa shape index (κ1) is 22.3. The topological polar surface area (TPSA) is 38.1 Å². The maximum absolute atomic E-state index is 13.6. The summed E-state index contributed by atoms with van der Waals surface area (Å²) in [6.45, 7) is 1.65. The molecular formula is C30H28BrN3O. The lowest BCUT2D eigenvalue weighted by molar-refractivity contribution is -0.132. The van der Waals surface area contributed by atoms with E-state index < -0.39 is 5.54 Å². The fourth-order valence-electron chi connectivity index (χ4n) is 6.05. The molecule has 35 heavy (non-hydrogen) atoms. The minimum Gasteiger partial charge on any atom is -0.342 e. The molecule has 1 fully saturated rings. The van der Waals surface area contributed by atoms with Gasteiger partial charge >= 0.3 is 0 Å². The zero-order valence-corrected chi connectivity index (χ0v) is 21.2. The van der Waals surface area contributed by atoms with Crippen LogP contribution < -0.4 is 0 Å². The van der Waals surface area contributed by atoms with Crippen LogP contribution in [-0.2, 0) is 10.3 Å². The summed E-state index contributed by atoms with van der Waals surface area (Å²) >= 11 is 3.59. The number of imidazole rings is 1. The lowest BCUT2D eigenvalue weighted by Gasteiger charge is -2.36. The number of nitrogens with zero attached hydrogens (tertiary/aromatic N) is 3. The zero-order chi connectivity index (χ0) is 23.8. The Morgan fingerprint density at radius 3 is 2.60 bits per heavy atom. The number of halogens is 1. The summed E-state index contributed by atoms with van der Waals surface area (Å²) in [6.07, 6.45) is 7.31. The molecule has 1 amide bonds. The normalized spacial score (nSPS) is 20.9. The van der Waals surface area contributed by atoms with Gasteiger partial charge < -0.3 is 9.47 Å². The molecule has 2 aliphatic heterocycles. The lowest BCUT2D eigenvalue weighted by Crippen LogP contribution is -2.41. The van der Waals surface area contributed by atoms with Gasteiger partial charge in [0.15, 0.2) is 0 Å². The van der Waals surface area contributed by atoms with Gasteiger partial charge in [-0.2, -0.15) is 0 Å². The highest BCUT2D eigenvalue weighted by atomic mass is 79.9. The van der Waals surface area contributed by atoms with Gasteiger partial charge in [0.1, 0.15) is 5.82 Å². The highest BCUT2D eigenvalue weighted by Gasteiger charge is 2.45. The molecule has 4 nitrogen and oxygen atoms in total. The summed E-state index contributed by atoms with van der Waals surface area (Å²) in [5.41, 5.74) is 4.43. The van der Waals surface area contributed by atoms with Gasteiger partial charge in [-0.1, -0.05) is 82.7 Å². The Balaban J connectivity index is 1.32. The minimum atomic E-state index is -0.451. The maximum atomic E-state index is 13.6. The van der Waals surface area contributed by atoms with Crippen LogP contribution in [0.25, 0.3) is 11.4 Å².